The van der Waals surface area contributed by atoms with Crippen LogP contribution in [0.5, 0.6) is 11.5 Å². The number of aliphatic hydroxyl groups is 1. The Balaban J connectivity index is 1.95. The predicted octanol–water partition coefficient (Wildman–Crippen LogP) is 3.10. The summed E-state index contributed by atoms with van der Waals surface area (Å²) in [5.41, 5.74) is 2.86. The quantitative estimate of drug-likeness (QED) is 0.931. The minimum atomic E-state index is -0.672. The molecular formula is C17H18O3. The highest BCUT2D eigenvalue weighted by Gasteiger charge is 2.20. The first-order valence-electron chi connectivity index (χ1n) is 6.86. The SMILES string of the molecule is COc1ccc(C(O)c2cccc3c2OCCC3)cc1. The van der Waals surface area contributed by atoms with Crippen LogP contribution in [0.3, 0.4) is 0 Å². The van der Waals surface area contributed by atoms with Crippen LogP contribution in [-0.2, 0) is 6.42 Å². The van der Waals surface area contributed by atoms with E-state index in [1.165, 1.54) is 5.56 Å². The lowest BCUT2D eigenvalue weighted by Crippen LogP contribution is -2.12. The summed E-state index contributed by atoms with van der Waals surface area (Å²) < 4.78 is 10.9. The third-order valence-corrected chi connectivity index (χ3v) is 3.69. The molecule has 1 unspecified atom stereocenters. The Kier molecular flexibility index (Phi) is 3.61. The van der Waals surface area contributed by atoms with Crippen molar-refractivity contribution in [2.24, 2.45) is 0 Å². The zero-order valence-electron chi connectivity index (χ0n) is 11.5. The molecule has 0 spiro atoms. The Hall–Kier alpha value is -2.00. The Labute approximate surface area is 118 Å². The lowest BCUT2D eigenvalue weighted by Gasteiger charge is -2.23. The normalized spacial score (nSPS) is 15.1. The van der Waals surface area contributed by atoms with Crippen molar-refractivity contribution in [3.8, 4) is 11.5 Å². The minimum Gasteiger partial charge on any atom is -0.497 e. The van der Waals surface area contributed by atoms with Crippen molar-refractivity contribution in [2.75, 3.05) is 13.7 Å². The molecule has 0 amide bonds. The molecule has 0 fully saturated rings. The van der Waals surface area contributed by atoms with Gasteiger partial charge < -0.3 is 14.6 Å². The molecule has 3 heteroatoms. The fraction of sp³-hybridized carbons (Fsp3) is 0.294. The Morgan fingerprint density at radius 3 is 2.70 bits per heavy atom. The second kappa shape index (κ2) is 5.55. The summed E-state index contributed by atoms with van der Waals surface area (Å²) in [4.78, 5) is 0. The second-order valence-electron chi connectivity index (χ2n) is 4.96. The molecule has 3 rings (SSSR count). The number of para-hydroxylation sites is 1. The summed E-state index contributed by atoms with van der Waals surface area (Å²) in [5.74, 6) is 1.63. The molecule has 104 valence electrons. The number of methoxy groups -OCH3 is 1. The van der Waals surface area contributed by atoms with E-state index in [2.05, 4.69) is 6.07 Å². The third-order valence-electron chi connectivity index (χ3n) is 3.69. The molecular weight excluding hydrogens is 252 g/mol. The van der Waals surface area contributed by atoms with E-state index in [1.807, 2.05) is 36.4 Å². The standard InChI is InChI=1S/C17H18O3/c1-19-14-9-7-12(8-10-14)16(18)15-6-2-4-13-5-3-11-20-17(13)15/h2,4,6-10,16,18H,3,5,11H2,1H3. The van der Waals surface area contributed by atoms with Gasteiger partial charge in [-0.25, -0.2) is 0 Å². The van der Waals surface area contributed by atoms with Crippen LogP contribution in [0.2, 0.25) is 0 Å². The maximum atomic E-state index is 10.6. The highest BCUT2D eigenvalue weighted by molar-refractivity contribution is 5.47. The van der Waals surface area contributed by atoms with Crippen molar-refractivity contribution in [3.63, 3.8) is 0 Å². The maximum Gasteiger partial charge on any atom is 0.128 e. The largest absolute Gasteiger partial charge is 0.497 e. The highest BCUT2D eigenvalue weighted by Crippen LogP contribution is 2.35. The van der Waals surface area contributed by atoms with Crippen LogP contribution in [-0.4, -0.2) is 18.8 Å². The summed E-state index contributed by atoms with van der Waals surface area (Å²) in [6, 6.07) is 13.5. The van der Waals surface area contributed by atoms with E-state index < -0.39 is 6.10 Å². The van der Waals surface area contributed by atoms with Crippen molar-refractivity contribution in [2.45, 2.75) is 18.9 Å². The van der Waals surface area contributed by atoms with Crippen LogP contribution in [0, 0.1) is 0 Å². The Morgan fingerprint density at radius 1 is 1.15 bits per heavy atom. The van der Waals surface area contributed by atoms with Crippen LogP contribution < -0.4 is 9.47 Å². The van der Waals surface area contributed by atoms with Crippen LogP contribution in [0.1, 0.15) is 29.2 Å². The van der Waals surface area contributed by atoms with E-state index in [4.69, 9.17) is 9.47 Å². The fourth-order valence-electron chi connectivity index (χ4n) is 2.60. The fourth-order valence-corrected chi connectivity index (χ4v) is 2.60. The number of rotatable bonds is 3. The van der Waals surface area contributed by atoms with Gasteiger partial charge in [-0.1, -0.05) is 30.3 Å². The van der Waals surface area contributed by atoms with Crippen LogP contribution >= 0.6 is 0 Å². The Morgan fingerprint density at radius 2 is 1.95 bits per heavy atom. The lowest BCUT2D eigenvalue weighted by molar-refractivity contribution is 0.206. The third kappa shape index (κ3) is 2.37. The number of benzene rings is 2. The summed E-state index contributed by atoms with van der Waals surface area (Å²) in [6.07, 6.45) is 1.38. The van der Waals surface area contributed by atoms with Crippen molar-refractivity contribution >= 4 is 0 Å². The topological polar surface area (TPSA) is 38.7 Å². The van der Waals surface area contributed by atoms with E-state index in [9.17, 15) is 5.11 Å². The first-order chi connectivity index (χ1) is 9.79. The molecule has 1 atom stereocenters. The van der Waals surface area contributed by atoms with Gasteiger partial charge in [-0.2, -0.15) is 0 Å². The number of aryl methyl sites for hydroxylation is 1. The van der Waals surface area contributed by atoms with Crippen molar-refractivity contribution < 1.29 is 14.6 Å². The van der Waals surface area contributed by atoms with Crippen molar-refractivity contribution in [3.05, 3.63) is 59.2 Å². The number of hydrogen-bond acceptors (Lipinski definition) is 3. The lowest BCUT2D eigenvalue weighted by atomic mass is 9.95. The van der Waals surface area contributed by atoms with Crippen LogP contribution in [0.4, 0.5) is 0 Å². The maximum absolute atomic E-state index is 10.6. The van der Waals surface area contributed by atoms with Gasteiger partial charge in [0.15, 0.2) is 0 Å². The average Bonchev–Trinajstić information content (AvgIpc) is 2.54. The molecule has 1 N–H and O–H groups in total. The van der Waals surface area contributed by atoms with Gasteiger partial charge >= 0.3 is 0 Å². The van der Waals surface area contributed by atoms with Gasteiger partial charge in [0.25, 0.3) is 0 Å². The van der Waals surface area contributed by atoms with Gasteiger partial charge in [0.1, 0.15) is 17.6 Å². The average molecular weight is 270 g/mol. The number of fused-ring (bicyclic) bond motifs is 1. The van der Waals surface area contributed by atoms with Gasteiger partial charge in [-0.3, -0.25) is 0 Å². The molecule has 20 heavy (non-hydrogen) atoms. The van der Waals surface area contributed by atoms with Gasteiger partial charge in [0.05, 0.1) is 13.7 Å². The summed E-state index contributed by atoms with van der Waals surface area (Å²) in [5, 5.41) is 10.6. The molecule has 2 aromatic rings. The van der Waals surface area contributed by atoms with E-state index in [1.54, 1.807) is 7.11 Å². The monoisotopic (exact) mass is 270 g/mol. The summed E-state index contributed by atoms with van der Waals surface area (Å²) in [7, 11) is 1.63. The summed E-state index contributed by atoms with van der Waals surface area (Å²) >= 11 is 0. The first kappa shape index (κ1) is 13.0. The molecule has 0 bridgehead atoms. The molecule has 2 aromatic carbocycles. The smallest absolute Gasteiger partial charge is 0.128 e. The number of ether oxygens (including phenoxy) is 2. The number of hydrogen-bond donors (Lipinski definition) is 1. The highest BCUT2D eigenvalue weighted by atomic mass is 16.5. The molecule has 1 heterocycles. The van der Waals surface area contributed by atoms with Gasteiger partial charge in [0, 0.05) is 5.56 Å². The molecule has 1 aliphatic heterocycles. The van der Waals surface area contributed by atoms with E-state index >= 15 is 0 Å². The molecule has 0 radical (unpaired) electrons. The minimum absolute atomic E-state index is 0.672. The predicted molar refractivity (Wildman–Crippen MR) is 77.3 cm³/mol. The van der Waals surface area contributed by atoms with Gasteiger partial charge in [-0.15, -0.1) is 0 Å². The van der Waals surface area contributed by atoms with Crippen molar-refractivity contribution in [1.82, 2.24) is 0 Å². The Bertz CT molecular complexity index is 590. The zero-order valence-corrected chi connectivity index (χ0v) is 11.5. The molecule has 0 aliphatic carbocycles. The number of aliphatic hydroxyl groups excluding tert-OH is 1. The van der Waals surface area contributed by atoms with Crippen molar-refractivity contribution in [1.29, 1.82) is 0 Å². The van der Waals surface area contributed by atoms with E-state index in [-0.39, 0.29) is 0 Å². The van der Waals surface area contributed by atoms with Gasteiger partial charge in [0.2, 0.25) is 0 Å². The molecule has 0 saturated carbocycles. The molecule has 1 aliphatic rings. The molecule has 0 saturated heterocycles. The zero-order chi connectivity index (χ0) is 13.9. The van der Waals surface area contributed by atoms with Gasteiger partial charge in [-0.05, 0) is 36.1 Å². The summed E-state index contributed by atoms with van der Waals surface area (Å²) in [6.45, 7) is 0.722. The van der Waals surface area contributed by atoms with E-state index in [0.717, 1.165) is 42.1 Å². The molecule has 0 aromatic heterocycles. The molecule has 3 nitrogen and oxygen atoms in total. The van der Waals surface area contributed by atoms with Crippen LogP contribution in [0.25, 0.3) is 0 Å². The van der Waals surface area contributed by atoms with Crippen LogP contribution in [0.15, 0.2) is 42.5 Å². The second-order valence-corrected chi connectivity index (χ2v) is 4.96. The first-order valence-corrected chi connectivity index (χ1v) is 6.86. The van der Waals surface area contributed by atoms with E-state index in [0.29, 0.717) is 0 Å².